The van der Waals surface area contributed by atoms with Crippen molar-refractivity contribution in [3.05, 3.63) is 16.1 Å². The van der Waals surface area contributed by atoms with Crippen molar-refractivity contribution in [1.82, 2.24) is 4.98 Å². The molecule has 0 bridgehead atoms. The molecule has 2 rings (SSSR count). The molecule has 1 aromatic heterocycles. The van der Waals surface area contributed by atoms with E-state index in [1.807, 2.05) is 0 Å². The van der Waals surface area contributed by atoms with E-state index in [1.165, 1.54) is 30.7 Å². The fourth-order valence-electron chi connectivity index (χ4n) is 3.18. The highest BCUT2D eigenvalue weighted by Gasteiger charge is 2.35. The Morgan fingerprint density at radius 2 is 2.11 bits per heavy atom. The van der Waals surface area contributed by atoms with Crippen molar-refractivity contribution in [3.8, 4) is 0 Å². The van der Waals surface area contributed by atoms with Crippen molar-refractivity contribution in [3.63, 3.8) is 0 Å². The molecule has 0 unspecified atom stereocenters. The molecule has 0 aromatic carbocycles. The first-order chi connectivity index (χ1) is 8.54. The van der Waals surface area contributed by atoms with Crippen LogP contribution >= 0.6 is 11.3 Å². The van der Waals surface area contributed by atoms with Crippen molar-refractivity contribution in [2.24, 2.45) is 23.0 Å². The van der Waals surface area contributed by atoms with Crippen LogP contribution in [-0.4, -0.2) is 11.5 Å². The summed E-state index contributed by atoms with van der Waals surface area (Å²) in [6.07, 6.45) is 6.35. The largest absolute Gasteiger partial charge is 0.330 e. The number of rotatable bonds is 4. The minimum Gasteiger partial charge on any atom is -0.330 e. The van der Waals surface area contributed by atoms with E-state index in [-0.39, 0.29) is 0 Å². The average molecular weight is 266 g/mol. The number of nitrogens with zero attached hydrogens (tertiary/aromatic N) is 1. The summed E-state index contributed by atoms with van der Waals surface area (Å²) >= 11 is 1.80. The van der Waals surface area contributed by atoms with Gasteiger partial charge in [0.25, 0.3) is 0 Å². The molecule has 0 aliphatic heterocycles. The topological polar surface area (TPSA) is 38.9 Å². The highest BCUT2D eigenvalue weighted by molar-refractivity contribution is 7.09. The molecule has 0 radical (unpaired) electrons. The molecule has 3 heteroatoms. The lowest BCUT2D eigenvalue weighted by Crippen LogP contribution is -2.37. The van der Waals surface area contributed by atoms with Crippen LogP contribution in [0.15, 0.2) is 5.38 Å². The Balaban J connectivity index is 2.00. The van der Waals surface area contributed by atoms with Crippen molar-refractivity contribution < 1.29 is 0 Å². The smallest absolute Gasteiger partial charge is 0.0934 e. The zero-order valence-corrected chi connectivity index (χ0v) is 12.7. The molecule has 0 spiro atoms. The van der Waals surface area contributed by atoms with Crippen LogP contribution in [0.1, 0.15) is 50.2 Å². The molecule has 102 valence electrons. The lowest BCUT2D eigenvalue weighted by atomic mass is 9.66. The highest BCUT2D eigenvalue weighted by Crippen LogP contribution is 2.43. The summed E-state index contributed by atoms with van der Waals surface area (Å²) in [7, 11) is 0. The number of thiazole rings is 1. The molecule has 1 aliphatic carbocycles. The minimum atomic E-state index is 0.329. The third-order valence-electron chi connectivity index (χ3n) is 4.66. The molecule has 0 atom stereocenters. The summed E-state index contributed by atoms with van der Waals surface area (Å²) in [6.45, 7) is 7.59. The fraction of sp³-hybridized carbons (Fsp3) is 0.800. The van der Waals surface area contributed by atoms with Gasteiger partial charge in [-0.3, -0.25) is 0 Å². The zero-order chi connectivity index (χ0) is 13.2. The summed E-state index contributed by atoms with van der Waals surface area (Å²) in [4.78, 5) is 4.61. The van der Waals surface area contributed by atoms with Gasteiger partial charge in [0.05, 0.1) is 5.01 Å². The van der Waals surface area contributed by atoms with Gasteiger partial charge in [0, 0.05) is 17.5 Å². The van der Waals surface area contributed by atoms with Crippen molar-refractivity contribution >= 4 is 11.3 Å². The number of hydrogen-bond donors (Lipinski definition) is 1. The minimum absolute atomic E-state index is 0.329. The molecular formula is C15H26N2S. The Morgan fingerprint density at radius 1 is 1.44 bits per heavy atom. The third-order valence-corrected chi connectivity index (χ3v) is 5.63. The SMILES string of the molecule is Cc1csc(CC2(CN)CCC(C(C)C)CC2)n1. The first-order valence-corrected chi connectivity index (χ1v) is 8.04. The molecule has 0 saturated heterocycles. The second-order valence-electron chi connectivity index (χ2n) is 6.34. The maximum absolute atomic E-state index is 6.09. The Bertz CT molecular complexity index is 376. The Kier molecular flexibility index (Phi) is 4.44. The second kappa shape index (κ2) is 5.70. The van der Waals surface area contributed by atoms with Gasteiger partial charge in [0.1, 0.15) is 0 Å². The summed E-state index contributed by atoms with van der Waals surface area (Å²) in [5, 5.41) is 3.43. The van der Waals surface area contributed by atoms with E-state index in [9.17, 15) is 0 Å². The normalized spacial score (nSPS) is 28.8. The van der Waals surface area contributed by atoms with Gasteiger partial charge < -0.3 is 5.73 Å². The lowest BCUT2D eigenvalue weighted by Gasteiger charge is -2.40. The molecule has 2 nitrogen and oxygen atoms in total. The average Bonchev–Trinajstić information content (AvgIpc) is 2.75. The first-order valence-electron chi connectivity index (χ1n) is 7.16. The summed E-state index contributed by atoms with van der Waals surface area (Å²) in [5.74, 6) is 1.73. The van der Waals surface area contributed by atoms with Crippen LogP contribution in [0.5, 0.6) is 0 Å². The molecular weight excluding hydrogens is 240 g/mol. The first kappa shape index (κ1) is 14.0. The van der Waals surface area contributed by atoms with Gasteiger partial charge in [-0.1, -0.05) is 13.8 Å². The zero-order valence-electron chi connectivity index (χ0n) is 11.9. The van der Waals surface area contributed by atoms with Crippen LogP contribution in [0, 0.1) is 24.2 Å². The molecule has 2 N–H and O–H groups in total. The van der Waals surface area contributed by atoms with Gasteiger partial charge in [0.15, 0.2) is 0 Å². The number of nitrogens with two attached hydrogens (primary N) is 1. The predicted octanol–water partition coefficient (Wildman–Crippen LogP) is 3.79. The number of hydrogen-bond acceptors (Lipinski definition) is 3. The molecule has 1 aliphatic rings. The molecule has 0 amide bonds. The van der Waals surface area contributed by atoms with E-state index < -0.39 is 0 Å². The third kappa shape index (κ3) is 3.12. The summed E-state index contributed by atoms with van der Waals surface area (Å²) in [5.41, 5.74) is 7.57. The van der Waals surface area contributed by atoms with Gasteiger partial charge in [-0.25, -0.2) is 4.98 Å². The Morgan fingerprint density at radius 3 is 2.56 bits per heavy atom. The van der Waals surface area contributed by atoms with Gasteiger partial charge in [0.2, 0.25) is 0 Å². The van der Waals surface area contributed by atoms with Crippen LogP contribution < -0.4 is 5.73 Å². The van der Waals surface area contributed by atoms with Gasteiger partial charge >= 0.3 is 0 Å². The standard InChI is InChI=1S/C15H26N2S/c1-11(2)13-4-6-15(10-16,7-5-13)8-14-17-12(3)9-18-14/h9,11,13H,4-8,10,16H2,1-3H3. The Labute approximate surface area is 115 Å². The predicted molar refractivity (Wildman–Crippen MR) is 78.8 cm³/mol. The maximum atomic E-state index is 6.09. The molecule has 1 heterocycles. The van der Waals surface area contributed by atoms with Crippen LogP contribution in [0.4, 0.5) is 0 Å². The van der Waals surface area contributed by atoms with Crippen LogP contribution in [-0.2, 0) is 6.42 Å². The van der Waals surface area contributed by atoms with Crippen LogP contribution in [0.2, 0.25) is 0 Å². The van der Waals surface area contributed by atoms with E-state index in [4.69, 9.17) is 5.73 Å². The molecule has 18 heavy (non-hydrogen) atoms. The van der Waals surface area contributed by atoms with Gasteiger partial charge in [-0.15, -0.1) is 11.3 Å². The number of aromatic nitrogens is 1. The molecule has 1 aromatic rings. The monoisotopic (exact) mass is 266 g/mol. The second-order valence-corrected chi connectivity index (χ2v) is 7.29. The van der Waals surface area contributed by atoms with Crippen molar-refractivity contribution in [1.29, 1.82) is 0 Å². The van der Waals surface area contributed by atoms with E-state index in [2.05, 4.69) is 31.1 Å². The van der Waals surface area contributed by atoms with E-state index in [0.717, 1.165) is 30.5 Å². The van der Waals surface area contributed by atoms with E-state index >= 15 is 0 Å². The van der Waals surface area contributed by atoms with E-state index in [1.54, 1.807) is 11.3 Å². The van der Waals surface area contributed by atoms with Crippen LogP contribution in [0.3, 0.4) is 0 Å². The Hall–Kier alpha value is -0.410. The quantitative estimate of drug-likeness (QED) is 0.900. The van der Waals surface area contributed by atoms with Crippen LogP contribution in [0.25, 0.3) is 0 Å². The highest BCUT2D eigenvalue weighted by atomic mass is 32.1. The lowest BCUT2D eigenvalue weighted by molar-refractivity contribution is 0.132. The molecule has 1 saturated carbocycles. The van der Waals surface area contributed by atoms with E-state index in [0.29, 0.717) is 5.41 Å². The van der Waals surface area contributed by atoms with Gasteiger partial charge in [-0.2, -0.15) is 0 Å². The summed E-state index contributed by atoms with van der Waals surface area (Å²) < 4.78 is 0. The van der Waals surface area contributed by atoms with Crippen molar-refractivity contribution in [2.75, 3.05) is 6.54 Å². The fourth-order valence-corrected chi connectivity index (χ4v) is 4.12. The maximum Gasteiger partial charge on any atom is 0.0934 e. The van der Waals surface area contributed by atoms with Gasteiger partial charge in [-0.05, 0) is 56.4 Å². The number of aryl methyl sites for hydroxylation is 1. The molecule has 1 fully saturated rings. The van der Waals surface area contributed by atoms with Crippen molar-refractivity contribution in [2.45, 2.75) is 52.9 Å². The summed E-state index contributed by atoms with van der Waals surface area (Å²) in [6, 6.07) is 0.